The molecule has 1 heterocycles. The first kappa shape index (κ1) is 10.8. The third-order valence-electron chi connectivity index (χ3n) is 1.74. The lowest BCUT2D eigenvalue weighted by Gasteiger charge is -2.00. The van der Waals surface area contributed by atoms with Crippen molar-refractivity contribution in [3.05, 3.63) is 23.7 Å². The van der Waals surface area contributed by atoms with Crippen LogP contribution in [0.25, 0.3) is 0 Å². The molecular formula is C10H13O4. The van der Waals surface area contributed by atoms with Gasteiger partial charge in [0.15, 0.2) is 0 Å². The number of hydrogen-bond donors (Lipinski definition) is 0. The Labute approximate surface area is 82.5 Å². The molecule has 77 valence electrons. The van der Waals surface area contributed by atoms with Crippen LogP contribution in [0.4, 0.5) is 0 Å². The number of rotatable bonds is 5. The van der Waals surface area contributed by atoms with E-state index >= 15 is 0 Å². The Balaban J connectivity index is 2.44. The Morgan fingerprint density at radius 1 is 1.50 bits per heavy atom. The van der Waals surface area contributed by atoms with Gasteiger partial charge in [-0.25, -0.2) is 9.90 Å². The first-order valence-electron chi connectivity index (χ1n) is 4.62. The standard InChI is InChI=1S/C10H13O4/c1-2-3-6-13-10(12)9-5-4-8(7-11)14-9/h4-5H,2-3,6-7H2,1H3. The third-order valence-corrected chi connectivity index (χ3v) is 1.74. The smallest absolute Gasteiger partial charge is 0.374 e. The molecule has 0 atom stereocenters. The number of ether oxygens (including phenoxy) is 1. The fourth-order valence-electron chi connectivity index (χ4n) is 0.946. The first-order valence-corrected chi connectivity index (χ1v) is 4.62. The lowest BCUT2D eigenvalue weighted by molar-refractivity contribution is 0.0456. The van der Waals surface area contributed by atoms with E-state index in [4.69, 9.17) is 9.15 Å². The molecule has 0 spiro atoms. The van der Waals surface area contributed by atoms with Crippen LogP contribution in [0.2, 0.25) is 0 Å². The van der Waals surface area contributed by atoms with Crippen LogP contribution in [0.3, 0.4) is 0 Å². The molecule has 1 rings (SSSR count). The van der Waals surface area contributed by atoms with Crippen molar-refractivity contribution in [2.75, 3.05) is 6.61 Å². The summed E-state index contributed by atoms with van der Waals surface area (Å²) in [5.41, 5.74) is 0. The molecule has 1 aromatic heterocycles. The van der Waals surface area contributed by atoms with Gasteiger partial charge in [0.2, 0.25) is 5.76 Å². The second kappa shape index (κ2) is 5.44. The van der Waals surface area contributed by atoms with Crippen molar-refractivity contribution >= 4 is 5.97 Å². The average Bonchev–Trinajstić information content (AvgIpc) is 2.66. The van der Waals surface area contributed by atoms with Crippen LogP contribution in [0.1, 0.15) is 36.1 Å². The van der Waals surface area contributed by atoms with Gasteiger partial charge in [-0.05, 0) is 18.6 Å². The molecular weight excluding hydrogens is 184 g/mol. The first-order chi connectivity index (χ1) is 6.77. The molecule has 14 heavy (non-hydrogen) atoms. The van der Waals surface area contributed by atoms with Crippen molar-refractivity contribution in [1.82, 2.24) is 0 Å². The Hall–Kier alpha value is -1.29. The highest BCUT2D eigenvalue weighted by atomic mass is 16.5. The highest BCUT2D eigenvalue weighted by molar-refractivity contribution is 5.86. The lowest BCUT2D eigenvalue weighted by atomic mass is 10.4. The van der Waals surface area contributed by atoms with Gasteiger partial charge in [0.05, 0.1) is 6.61 Å². The molecule has 0 amide bonds. The van der Waals surface area contributed by atoms with Crippen LogP contribution < -0.4 is 0 Å². The molecule has 0 aliphatic carbocycles. The molecule has 0 bridgehead atoms. The van der Waals surface area contributed by atoms with E-state index in [2.05, 4.69) is 0 Å². The molecule has 4 nitrogen and oxygen atoms in total. The molecule has 1 aromatic rings. The fourth-order valence-corrected chi connectivity index (χ4v) is 0.946. The Morgan fingerprint density at radius 3 is 2.86 bits per heavy atom. The molecule has 0 aliphatic heterocycles. The number of hydrogen-bond acceptors (Lipinski definition) is 3. The lowest BCUT2D eigenvalue weighted by Crippen LogP contribution is -2.04. The predicted octanol–water partition coefficient (Wildman–Crippen LogP) is 2.17. The van der Waals surface area contributed by atoms with E-state index in [0.29, 0.717) is 6.61 Å². The van der Waals surface area contributed by atoms with E-state index in [1.807, 2.05) is 6.92 Å². The zero-order chi connectivity index (χ0) is 10.4. The van der Waals surface area contributed by atoms with E-state index in [-0.39, 0.29) is 11.5 Å². The SMILES string of the molecule is CCCCOC(=O)c1ccc(C[O])o1. The van der Waals surface area contributed by atoms with Crippen LogP contribution in [-0.4, -0.2) is 12.6 Å². The van der Waals surface area contributed by atoms with Gasteiger partial charge in [0.1, 0.15) is 12.4 Å². The summed E-state index contributed by atoms with van der Waals surface area (Å²) in [6.07, 6.45) is 1.80. The number of esters is 1. The van der Waals surface area contributed by atoms with Gasteiger partial charge >= 0.3 is 5.97 Å². The molecule has 4 heteroatoms. The van der Waals surface area contributed by atoms with Crippen molar-refractivity contribution in [1.29, 1.82) is 0 Å². The van der Waals surface area contributed by atoms with Gasteiger partial charge in [-0.3, -0.25) is 0 Å². The summed E-state index contributed by atoms with van der Waals surface area (Å²) in [4.78, 5) is 11.2. The maximum absolute atomic E-state index is 11.2. The van der Waals surface area contributed by atoms with Crippen molar-refractivity contribution < 1.29 is 19.1 Å². The van der Waals surface area contributed by atoms with Crippen molar-refractivity contribution in [2.45, 2.75) is 26.4 Å². The minimum atomic E-state index is -0.502. The molecule has 0 fully saturated rings. The second-order valence-corrected chi connectivity index (χ2v) is 2.90. The van der Waals surface area contributed by atoms with Crippen molar-refractivity contribution in [2.24, 2.45) is 0 Å². The Kier molecular flexibility index (Phi) is 4.19. The highest BCUT2D eigenvalue weighted by Crippen LogP contribution is 2.09. The molecule has 0 aromatic carbocycles. The van der Waals surface area contributed by atoms with Crippen molar-refractivity contribution in [3.8, 4) is 0 Å². The zero-order valence-corrected chi connectivity index (χ0v) is 8.12. The van der Waals surface area contributed by atoms with Gasteiger partial charge < -0.3 is 9.15 Å². The van der Waals surface area contributed by atoms with Gasteiger partial charge in [0, 0.05) is 0 Å². The summed E-state index contributed by atoms with van der Waals surface area (Å²) < 4.78 is 9.83. The number of furan rings is 1. The summed E-state index contributed by atoms with van der Waals surface area (Å²) in [7, 11) is 0. The van der Waals surface area contributed by atoms with Crippen LogP contribution >= 0.6 is 0 Å². The topological polar surface area (TPSA) is 59.3 Å². The predicted molar refractivity (Wildman–Crippen MR) is 48.3 cm³/mol. The number of unbranched alkanes of at least 4 members (excludes halogenated alkanes) is 1. The van der Waals surface area contributed by atoms with E-state index in [1.165, 1.54) is 12.1 Å². The number of carbonyl (C=O) groups is 1. The monoisotopic (exact) mass is 197 g/mol. The number of carbonyl (C=O) groups excluding carboxylic acids is 1. The van der Waals surface area contributed by atoms with E-state index in [1.54, 1.807) is 0 Å². The van der Waals surface area contributed by atoms with Crippen LogP contribution in [-0.2, 0) is 16.5 Å². The fraction of sp³-hybridized carbons (Fsp3) is 0.500. The molecule has 0 N–H and O–H groups in total. The maximum atomic E-state index is 11.2. The van der Waals surface area contributed by atoms with E-state index in [9.17, 15) is 9.90 Å². The van der Waals surface area contributed by atoms with Crippen LogP contribution in [0, 0.1) is 0 Å². The quantitative estimate of drug-likeness (QED) is 0.536. The molecule has 0 saturated carbocycles. The van der Waals surface area contributed by atoms with Crippen molar-refractivity contribution in [3.63, 3.8) is 0 Å². The molecule has 0 aliphatic rings. The summed E-state index contributed by atoms with van der Waals surface area (Å²) in [6, 6.07) is 2.95. The summed E-state index contributed by atoms with van der Waals surface area (Å²) in [5, 5.41) is 10.4. The average molecular weight is 197 g/mol. The van der Waals surface area contributed by atoms with Gasteiger partial charge in [-0.2, -0.15) is 0 Å². The van der Waals surface area contributed by atoms with Gasteiger partial charge in [-0.15, -0.1) is 0 Å². The third kappa shape index (κ3) is 2.88. The van der Waals surface area contributed by atoms with Gasteiger partial charge in [-0.1, -0.05) is 13.3 Å². The molecule has 1 radical (unpaired) electrons. The second-order valence-electron chi connectivity index (χ2n) is 2.90. The molecule has 0 unspecified atom stereocenters. The largest absolute Gasteiger partial charge is 0.460 e. The maximum Gasteiger partial charge on any atom is 0.374 e. The van der Waals surface area contributed by atoms with Crippen LogP contribution in [0.15, 0.2) is 16.5 Å². The summed E-state index contributed by atoms with van der Waals surface area (Å²) >= 11 is 0. The normalized spacial score (nSPS) is 10.1. The van der Waals surface area contributed by atoms with E-state index in [0.717, 1.165) is 12.8 Å². The zero-order valence-electron chi connectivity index (χ0n) is 8.12. The minimum absolute atomic E-state index is 0.104. The molecule has 0 saturated heterocycles. The highest BCUT2D eigenvalue weighted by Gasteiger charge is 2.11. The summed E-state index contributed by atoms with van der Waals surface area (Å²) in [6.45, 7) is 1.95. The Bertz CT molecular complexity index is 290. The minimum Gasteiger partial charge on any atom is -0.460 e. The van der Waals surface area contributed by atoms with Crippen LogP contribution in [0.5, 0.6) is 0 Å². The summed E-state index contributed by atoms with van der Waals surface area (Å²) in [5.74, 6) is -0.141. The Morgan fingerprint density at radius 2 is 2.29 bits per heavy atom. The van der Waals surface area contributed by atoms with E-state index < -0.39 is 12.6 Å². The van der Waals surface area contributed by atoms with Gasteiger partial charge in [0.25, 0.3) is 0 Å².